The number of ether oxygens (including phenoxy) is 3. The Balaban J connectivity index is 1.44. The Morgan fingerprint density at radius 3 is 2.08 bits per heavy atom. The molecule has 0 aromatic heterocycles. The van der Waals surface area contributed by atoms with E-state index in [0.717, 1.165) is 16.0 Å². The zero-order valence-corrected chi connectivity index (χ0v) is 29.1. The van der Waals surface area contributed by atoms with E-state index in [2.05, 4.69) is 26.6 Å². The number of guanidine groups is 1. The molecule has 0 bridgehead atoms. The molecule has 0 spiro atoms. The van der Waals surface area contributed by atoms with Gasteiger partial charge in [0, 0.05) is 13.1 Å². The largest absolute Gasteiger partial charge is 0.445 e. The Bertz CT molecular complexity index is 1500. The van der Waals surface area contributed by atoms with Crippen molar-refractivity contribution >= 4 is 42.0 Å². The minimum atomic E-state index is -1.06. The highest BCUT2D eigenvalue weighted by molar-refractivity contribution is 6.04. The minimum Gasteiger partial charge on any atom is -0.445 e. The maximum absolute atomic E-state index is 13.1. The van der Waals surface area contributed by atoms with E-state index in [0.29, 0.717) is 19.3 Å². The number of hydrogen-bond donors (Lipinski definition) is 6. The molecule has 2 aromatic carbocycles. The van der Waals surface area contributed by atoms with Crippen molar-refractivity contribution < 1.29 is 43.0 Å². The summed E-state index contributed by atoms with van der Waals surface area (Å²) in [7, 11) is 0. The van der Waals surface area contributed by atoms with Gasteiger partial charge in [-0.2, -0.15) is 0 Å². The third-order valence-electron chi connectivity index (χ3n) is 7.31. The lowest BCUT2D eigenvalue weighted by atomic mass is 10.0. The van der Waals surface area contributed by atoms with Gasteiger partial charge in [-0.1, -0.05) is 60.7 Å². The minimum absolute atomic E-state index is 0.0182. The summed E-state index contributed by atoms with van der Waals surface area (Å²) in [6.07, 6.45) is -0.515. The number of carbonyl (C=O) groups excluding carboxylic acids is 6. The number of nitrogens with one attached hydrogen (secondary N) is 6. The lowest BCUT2D eigenvalue weighted by Crippen LogP contribution is -2.58. The van der Waals surface area contributed by atoms with Crippen LogP contribution in [0.15, 0.2) is 60.7 Å². The molecule has 0 aliphatic carbocycles. The van der Waals surface area contributed by atoms with Crippen LogP contribution in [0.4, 0.5) is 14.4 Å². The summed E-state index contributed by atoms with van der Waals surface area (Å²) < 4.78 is 15.6. The van der Waals surface area contributed by atoms with Gasteiger partial charge >= 0.3 is 18.3 Å². The van der Waals surface area contributed by atoms with Crippen LogP contribution in [0.1, 0.15) is 64.0 Å². The number of rotatable bonds is 14. The first kappa shape index (κ1) is 39.8. The molecule has 16 nitrogen and oxygen atoms in total. The normalized spacial score (nSPS) is 14.7. The van der Waals surface area contributed by atoms with Crippen LogP contribution in [-0.2, 0) is 41.8 Å². The maximum atomic E-state index is 13.1. The molecule has 1 fully saturated rings. The third-order valence-corrected chi connectivity index (χ3v) is 7.31. The van der Waals surface area contributed by atoms with E-state index in [1.54, 1.807) is 45.0 Å². The summed E-state index contributed by atoms with van der Waals surface area (Å²) >= 11 is 0. The van der Waals surface area contributed by atoms with Crippen LogP contribution in [0.2, 0.25) is 0 Å². The Labute approximate surface area is 296 Å². The van der Waals surface area contributed by atoms with Crippen LogP contribution >= 0.6 is 0 Å². The van der Waals surface area contributed by atoms with Gasteiger partial charge < -0.3 is 35.5 Å². The summed E-state index contributed by atoms with van der Waals surface area (Å²) in [6, 6.07) is 16.1. The topological polar surface area (TPSA) is 217 Å². The van der Waals surface area contributed by atoms with Gasteiger partial charge in [0.15, 0.2) is 0 Å². The van der Waals surface area contributed by atoms with Crippen LogP contribution in [0.25, 0.3) is 0 Å². The molecule has 16 heteroatoms. The summed E-state index contributed by atoms with van der Waals surface area (Å²) in [4.78, 5) is 76.6. The van der Waals surface area contributed by atoms with E-state index < -0.39 is 66.2 Å². The summed E-state index contributed by atoms with van der Waals surface area (Å²) in [6.45, 7) is 5.07. The molecule has 1 heterocycles. The van der Waals surface area contributed by atoms with Gasteiger partial charge in [0.1, 0.15) is 30.9 Å². The number of carbonyl (C=O) groups is 6. The van der Waals surface area contributed by atoms with Gasteiger partial charge in [0.25, 0.3) is 5.91 Å². The van der Waals surface area contributed by atoms with Crippen LogP contribution in [-0.4, -0.2) is 84.2 Å². The summed E-state index contributed by atoms with van der Waals surface area (Å²) in [5.74, 6) is -2.40. The zero-order valence-electron chi connectivity index (χ0n) is 29.1. The monoisotopic (exact) mass is 709 g/mol. The number of amides is 6. The molecule has 6 N–H and O–H groups in total. The lowest BCUT2D eigenvalue weighted by Gasteiger charge is -2.32. The Morgan fingerprint density at radius 2 is 1.47 bits per heavy atom. The van der Waals surface area contributed by atoms with E-state index in [9.17, 15) is 28.8 Å². The van der Waals surface area contributed by atoms with E-state index in [4.69, 9.17) is 19.6 Å². The van der Waals surface area contributed by atoms with E-state index in [-0.39, 0.29) is 39.1 Å². The average Bonchev–Trinajstić information content (AvgIpc) is 3.09. The smallest absolute Gasteiger partial charge is 0.414 e. The highest BCUT2D eigenvalue weighted by Crippen LogP contribution is 2.13. The molecule has 2 aromatic rings. The number of unbranched alkanes of at least 4 members (excludes halogenated alkanes) is 1. The van der Waals surface area contributed by atoms with Gasteiger partial charge in [-0.25, -0.2) is 14.4 Å². The molecule has 0 unspecified atom stereocenters. The molecule has 6 amide bonds. The van der Waals surface area contributed by atoms with Gasteiger partial charge in [-0.3, -0.25) is 30.0 Å². The number of hydrogen-bond acceptors (Lipinski definition) is 10. The number of alkyl carbamates (subject to hydrolysis) is 3. The fourth-order valence-corrected chi connectivity index (χ4v) is 4.85. The van der Waals surface area contributed by atoms with Crippen molar-refractivity contribution in [2.24, 2.45) is 0 Å². The van der Waals surface area contributed by atoms with E-state index in [1.165, 1.54) is 0 Å². The quantitative estimate of drug-likeness (QED) is 0.0734. The second kappa shape index (κ2) is 20.1. The summed E-state index contributed by atoms with van der Waals surface area (Å²) in [5, 5.41) is 20.7. The molecule has 51 heavy (non-hydrogen) atoms. The molecule has 1 aliphatic heterocycles. The molecule has 0 radical (unpaired) electrons. The van der Waals surface area contributed by atoms with Crippen molar-refractivity contribution in [2.45, 2.75) is 83.8 Å². The highest BCUT2D eigenvalue weighted by atomic mass is 16.6. The number of likely N-dealkylation sites (tertiary alicyclic amines) is 1. The first-order chi connectivity index (χ1) is 24.3. The van der Waals surface area contributed by atoms with Crippen molar-refractivity contribution in [3.63, 3.8) is 0 Å². The van der Waals surface area contributed by atoms with E-state index in [1.807, 2.05) is 36.4 Å². The molecule has 276 valence electrons. The fraction of sp³-hybridized carbons (Fsp3) is 0.457. The van der Waals surface area contributed by atoms with Crippen LogP contribution in [0, 0.1) is 5.41 Å². The van der Waals surface area contributed by atoms with Crippen LogP contribution in [0.5, 0.6) is 0 Å². The Morgan fingerprint density at radius 1 is 0.863 bits per heavy atom. The molecule has 3 rings (SSSR count). The first-order valence-corrected chi connectivity index (χ1v) is 16.7. The second-order valence-electron chi connectivity index (χ2n) is 12.7. The Hall–Kier alpha value is -5.67. The van der Waals surface area contributed by atoms with Gasteiger partial charge in [-0.05, 0) is 64.0 Å². The zero-order chi connectivity index (χ0) is 37.2. The lowest BCUT2D eigenvalue weighted by molar-refractivity contribution is -0.135. The van der Waals surface area contributed by atoms with Crippen LogP contribution in [0.3, 0.4) is 0 Å². The van der Waals surface area contributed by atoms with Gasteiger partial charge in [0.05, 0.1) is 6.54 Å². The van der Waals surface area contributed by atoms with Crippen molar-refractivity contribution in [2.75, 3.05) is 19.6 Å². The first-order valence-electron chi connectivity index (χ1n) is 16.7. The van der Waals surface area contributed by atoms with Crippen molar-refractivity contribution in [3.8, 4) is 0 Å². The van der Waals surface area contributed by atoms with Gasteiger partial charge in [0.2, 0.25) is 17.8 Å². The van der Waals surface area contributed by atoms with Gasteiger partial charge in [-0.15, -0.1) is 0 Å². The highest BCUT2D eigenvalue weighted by Gasteiger charge is 2.33. The standard InChI is InChI=1S/C35H47N7O9/c1-35(2,3)51-34(48)40-26(17-10-11-19-37-32(46)49-22-24-13-6-4-7-14-24)29(44)38-21-28(43)39-27-18-12-20-42(30(27)45)31(36)41-33(47)50-23-25-15-8-5-9-16-25/h4-9,13-16,26-27H,10-12,17-23H2,1-3H3,(H,37,46)(H,38,44)(H,39,43)(H,40,48)(H2,36,41,47)/t26-,27+/m1/s1. The SMILES string of the molecule is CC(C)(C)OC(=O)N[C@H](CCCCNC(=O)OCc1ccccc1)C(=O)NCC(=O)N[C@H]1CCCN(C(=N)NC(=O)OCc2ccccc2)C1=O. The van der Waals surface area contributed by atoms with Crippen LogP contribution < -0.4 is 26.6 Å². The molecule has 1 aliphatic rings. The second-order valence-corrected chi connectivity index (χ2v) is 12.7. The molecular formula is C35H47N7O9. The van der Waals surface area contributed by atoms with Crippen molar-refractivity contribution in [1.29, 1.82) is 5.41 Å². The molecule has 2 atom stereocenters. The van der Waals surface area contributed by atoms with Crippen molar-refractivity contribution in [1.82, 2.24) is 31.5 Å². The number of piperidine rings is 1. The fourth-order valence-electron chi connectivity index (χ4n) is 4.85. The number of nitrogens with zero attached hydrogens (tertiary/aromatic N) is 1. The van der Waals surface area contributed by atoms with E-state index >= 15 is 0 Å². The molecule has 1 saturated heterocycles. The predicted octanol–water partition coefficient (Wildman–Crippen LogP) is 3.06. The summed E-state index contributed by atoms with van der Waals surface area (Å²) in [5.41, 5.74) is 0.785. The maximum Gasteiger partial charge on any atom is 0.414 e. The Kier molecular flexibility index (Phi) is 15.7. The number of benzene rings is 2. The average molecular weight is 710 g/mol. The third kappa shape index (κ3) is 15.2. The molecular weight excluding hydrogens is 662 g/mol. The predicted molar refractivity (Wildman–Crippen MR) is 185 cm³/mol. The van der Waals surface area contributed by atoms with Crippen molar-refractivity contribution in [3.05, 3.63) is 71.8 Å². The molecule has 0 saturated carbocycles.